The second-order valence-corrected chi connectivity index (χ2v) is 4.97. The Morgan fingerprint density at radius 2 is 2.16 bits per heavy atom. The summed E-state index contributed by atoms with van der Waals surface area (Å²) in [5.41, 5.74) is 3.71. The lowest BCUT2D eigenvalue weighted by atomic mass is 10.1. The van der Waals surface area contributed by atoms with Crippen molar-refractivity contribution < 1.29 is 9.32 Å². The van der Waals surface area contributed by atoms with Crippen LogP contribution in [0.4, 0.5) is 0 Å². The highest BCUT2D eigenvalue weighted by molar-refractivity contribution is 5.88. The van der Waals surface area contributed by atoms with Gasteiger partial charge in [0.05, 0.1) is 6.42 Å². The van der Waals surface area contributed by atoms with E-state index in [9.17, 15) is 4.79 Å². The Kier molecular flexibility index (Phi) is 4.20. The molecule has 0 saturated heterocycles. The standard InChI is InChI=1S/C15H20N2O2/c1-4-5-6-16-14(18)9-13-12-8-10(2)7-11(3)15(12)19-17-13/h7-8H,4-6,9H2,1-3H3,(H,16,18). The summed E-state index contributed by atoms with van der Waals surface area (Å²) in [6.07, 6.45) is 2.36. The number of aryl methyl sites for hydroxylation is 2. The number of carbonyl (C=O) groups is 1. The van der Waals surface area contributed by atoms with Gasteiger partial charge in [-0.25, -0.2) is 0 Å². The summed E-state index contributed by atoms with van der Waals surface area (Å²) in [4.78, 5) is 11.8. The van der Waals surface area contributed by atoms with Gasteiger partial charge in [0.15, 0.2) is 5.58 Å². The van der Waals surface area contributed by atoms with Gasteiger partial charge in [-0.05, 0) is 37.5 Å². The van der Waals surface area contributed by atoms with Gasteiger partial charge in [0.1, 0.15) is 5.69 Å². The molecule has 19 heavy (non-hydrogen) atoms. The van der Waals surface area contributed by atoms with E-state index in [0.717, 1.165) is 47.2 Å². The van der Waals surface area contributed by atoms with Crippen molar-refractivity contribution in [2.45, 2.75) is 40.0 Å². The second kappa shape index (κ2) is 5.87. The number of benzene rings is 1. The van der Waals surface area contributed by atoms with Gasteiger partial charge in [-0.1, -0.05) is 24.6 Å². The van der Waals surface area contributed by atoms with Gasteiger partial charge >= 0.3 is 0 Å². The van der Waals surface area contributed by atoms with Gasteiger partial charge < -0.3 is 9.84 Å². The molecule has 0 unspecified atom stereocenters. The lowest BCUT2D eigenvalue weighted by Crippen LogP contribution is -2.26. The third kappa shape index (κ3) is 3.13. The zero-order chi connectivity index (χ0) is 13.8. The first-order valence-corrected chi connectivity index (χ1v) is 6.74. The molecule has 0 aliphatic rings. The first-order valence-electron chi connectivity index (χ1n) is 6.74. The maximum atomic E-state index is 11.8. The van der Waals surface area contributed by atoms with Crippen molar-refractivity contribution in [3.8, 4) is 0 Å². The number of carbonyl (C=O) groups excluding carboxylic acids is 1. The minimum atomic E-state index is 0.00260. The Morgan fingerprint density at radius 1 is 1.37 bits per heavy atom. The average Bonchev–Trinajstić information content (AvgIpc) is 2.73. The Hall–Kier alpha value is -1.84. The van der Waals surface area contributed by atoms with Gasteiger partial charge in [-0.2, -0.15) is 0 Å². The number of nitrogens with zero attached hydrogens (tertiary/aromatic N) is 1. The van der Waals surface area contributed by atoms with Crippen molar-refractivity contribution >= 4 is 16.9 Å². The fraction of sp³-hybridized carbons (Fsp3) is 0.467. The van der Waals surface area contributed by atoms with E-state index in [1.54, 1.807) is 0 Å². The maximum absolute atomic E-state index is 11.8. The molecule has 0 aliphatic heterocycles. The zero-order valence-electron chi connectivity index (χ0n) is 11.7. The number of hydrogen-bond acceptors (Lipinski definition) is 3. The first-order chi connectivity index (χ1) is 9.11. The van der Waals surface area contributed by atoms with E-state index in [-0.39, 0.29) is 12.3 Å². The van der Waals surface area contributed by atoms with Crippen molar-refractivity contribution in [1.82, 2.24) is 10.5 Å². The summed E-state index contributed by atoms with van der Waals surface area (Å²) < 4.78 is 5.33. The third-order valence-corrected chi connectivity index (χ3v) is 3.16. The van der Waals surface area contributed by atoms with E-state index in [1.807, 2.05) is 19.9 Å². The molecular formula is C15H20N2O2. The molecule has 2 aromatic rings. The fourth-order valence-electron chi connectivity index (χ4n) is 2.19. The van der Waals surface area contributed by atoms with Crippen molar-refractivity contribution in [2.24, 2.45) is 0 Å². The predicted octanol–water partition coefficient (Wildman–Crippen LogP) is 2.90. The number of unbranched alkanes of at least 4 members (excludes halogenated alkanes) is 1. The molecule has 4 heteroatoms. The van der Waals surface area contributed by atoms with E-state index in [2.05, 4.69) is 23.5 Å². The van der Waals surface area contributed by atoms with Crippen molar-refractivity contribution in [3.05, 3.63) is 29.0 Å². The lowest BCUT2D eigenvalue weighted by molar-refractivity contribution is -0.120. The molecule has 0 fully saturated rings. The van der Waals surface area contributed by atoms with Gasteiger partial charge in [-0.15, -0.1) is 0 Å². The lowest BCUT2D eigenvalue weighted by Gasteiger charge is -2.02. The molecule has 0 aliphatic carbocycles. The second-order valence-electron chi connectivity index (χ2n) is 4.97. The number of nitrogens with one attached hydrogen (secondary N) is 1. The minimum absolute atomic E-state index is 0.00260. The summed E-state index contributed by atoms with van der Waals surface area (Å²) in [7, 11) is 0. The molecule has 0 spiro atoms. The average molecular weight is 260 g/mol. The Balaban J connectivity index is 2.15. The van der Waals surface area contributed by atoms with Crippen LogP contribution < -0.4 is 5.32 Å². The Labute approximate surface area is 113 Å². The van der Waals surface area contributed by atoms with Crippen LogP contribution in [0.2, 0.25) is 0 Å². The normalized spacial score (nSPS) is 10.9. The SMILES string of the molecule is CCCCNC(=O)Cc1noc2c(C)cc(C)cc12. The highest BCUT2D eigenvalue weighted by Gasteiger charge is 2.14. The van der Waals surface area contributed by atoms with Crippen LogP contribution in [0.3, 0.4) is 0 Å². The Bertz CT molecular complexity index is 587. The fourth-order valence-corrected chi connectivity index (χ4v) is 2.19. The van der Waals surface area contributed by atoms with Crippen molar-refractivity contribution in [2.75, 3.05) is 6.54 Å². The molecule has 1 heterocycles. The summed E-state index contributed by atoms with van der Waals surface area (Å²) in [5.74, 6) is 0.00260. The van der Waals surface area contributed by atoms with E-state index < -0.39 is 0 Å². The van der Waals surface area contributed by atoms with Crippen LogP contribution in [-0.2, 0) is 11.2 Å². The van der Waals surface area contributed by atoms with Crippen molar-refractivity contribution in [3.63, 3.8) is 0 Å². The molecule has 1 aromatic heterocycles. The number of hydrogen-bond donors (Lipinski definition) is 1. The summed E-state index contributed by atoms with van der Waals surface area (Å²) in [6.45, 7) is 6.85. The highest BCUT2D eigenvalue weighted by Crippen LogP contribution is 2.23. The van der Waals surface area contributed by atoms with Crippen LogP contribution in [0.15, 0.2) is 16.7 Å². The maximum Gasteiger partial charge on any atom is 0.226 e. The monoisotopic (exact) mass is 260 g/mol. The molecule has 1 aromatic carbocycles. The topological polar surface area (TPSA) is 55.1 Å². The largest absolute Gasteiger partial charge is 0.356 e. The molecule has 0 atom stereocenters. The summed E-state index contributed by atoms with van der Waals surface area (Å²) in [6, 6.07) is 4.08. The zero-order valence-corrected chi connectivity index (χ0v) is 11.7. The van der Waals surface area contributed by atoms with Crippen LogP contribution in [-0.4, -0.2) is 17.6 Å². The number of amides is 1. The highest BCUT2D eigenvalue weighted by atomic mass is 16.5. The van der Waals surface area contributed by atoms with E-state index in [4.69, 9.17) is 4.52 Å². The van der Waals surface area contributed by atoms with E-state index in [1.165, 1.54) is 0 Å². The molecule has 102 valence electrons. The molecular weight excluding hydrogens is 240 g/mol. The number of rotatable bonds is 5. The van der Waals surface area contributed by atoms with E-state index >= 15 is 0 Å². The van der Waals surface area contributed by atoms with Crippen LogP contribution >= 0.6 is 0 Å². The molecule has 0 saturated carbocycles. The minimum Gasteiger partial charge on any atom is -0.356 e. The molecule has 1 amide bonds. The van der Waals surface area contributed by atoms with Gasteiger partial charge in [0, 0.05) is 11.9 Å². The predicted molar refractivity (Wildman–Crippen MR) is 75.1 cm³/mol. The Morgan fingerprint density at radius 3 is 2.89 bits per heavy atom. The molecule has 1 N–H and O–H groups in total. The number of fused-ring (bicyclic) bond motifs is 1. The quantitative estimate of drug-likeness (QED) is 0.841. The third-order valence-electron chi connectivity index (χ3n) is 3.16. The van der Waals surface area contributed by atoms with Gasteiger partial charge in [-0.3, -0.25) is 4.79 Å². The molecule has 0 radical (unpaired) electrons. The van der Waals surface area contributed by atoms with Crippen molar-refractivity contribution in [1.29, 1.82) is 0 Å². The molecule has 4 nitrogen and oxygen atoms in total. The molecule has 0 bridgehead atoms. The molecule has 2 rings (SSSR count). The number of aromatic nitrogens is 1. The van der Waals surface area contributed by atoms with Crippen LogP contribution in [0, 0.1) is 13.8 Å². The smallest absolute Gasteiger partial charge is 0.226 e. The van der Waals surface area contributed by atoms with Crippen LogP contribution in [0.25, 0.3) is 11.0 Å². The van der Waals surface area contributed by atoms with Crippen LogP contribution in [0.5, 0.6) is 0 Å². The summed E-state index contributed by atoms with van der Waals surface area (Å²) in [5, 5.41) is 7.87. The van der Waals surface area contributed by atoms with Gasteiger partial charge in [0.2, 0.25) is 5.91 Å². The van der Waals surface area contributed by atoms with E-state index in [0.29, 0.717) is 0 Å². The van der Waals surface area contributed by atoms with Gasteiger partial charge in [0.25, 0.3) is 0 Å². The first kappa shape index (κ1) is 13.6. The van der Waals surface area contributed by atoms with Crippen LogP contribution in [0.1, 0.15) is 36.6 Å². The summed E-state index contributed by atoms with van der Waals surface area (Å²) >= 11 is 0.